The second kappa shape index (κ2) is 9.92. The minimum absolute atomic E-state index is 0.0874. The molecule has 0 unspecified atom stereocenters. The number of anilines is 1. The third-order valence-corrected chi connectivity index (χ3v) is 5.25. The average molecular weight is 450 g/mol. The Morgan fingerprint density at radius 1 is 1.27 bits per heavy atom. The molecule has 11 heteroatoms. The van der Waals surface area contributed by atoms with Gasteiger partial charge in [-0.3, -0.25) is 24.4 Å². The van der Waals surface area contributed by atoms with E-state index in [1.54, 1.807) is 36.9 Å². The molecule has 1 amide bonds. The molecule has 1 aliphatic carbocycles. The van der Waals surface area contributed by atoms with Crippen LogP contribution in [0.15, 0.2) is 59.5 Å². The predicted octanol–water partition coefficient (Wildman–Crippen LogP) is 2.97. The first-order valence-electron chi connectivity index (χ1n) is 10.3. The molecule has 2 atom stereocenters. The highest BCUT2D eigenvalue weighted by atomic mass is 16.4. The number of amides is 1. The van der Waals surface area contributed by atoms with Gasteiger partial charge in [-0.15, -0.1) is 0 Å². The molecule has 4 heterocycles. The number of H-pyrrole nitrogens is 1. The van der Waals surface area contributed by atoms with Gasteiger partial charge in [0, 0.05) is 18.6 Å². The number of nitrogens with zero attached hydrogens (tertiary/aromatic N) is 4. The van der Waals surface area contributed by atoms with Gasteiger partial charge in [-0.1, -0.05) is 6.07 Å². The zero-order chi connectivity index (χ0) is 23.2. The first-order valence-corrected chi connectivity index (χ1v) is 10.3. The largest absolute Gasteiger partial charge is 0.483 e. The Morgan fingerprint density at radius 3 is 2.79 bits per heavy atom. The Balaban J connectivity index is 0.000000821. The summed E-state index contributed by atoms with van der Waals surface area (Å²) in [7, 11) is 0. The van der Waals surface area contributed by atoms with E-state index < -0.39 is 0 Å². The van der Waals surface area contributed by atoms with Crippen molar-refractivity contribution in [3.8, 4) is 22.7 Å². The van der Waals surface area contributed by atoms with E-state index in [1.807, 2.05) is 22.9 Å². The number of furan rings is 1. The average Bonchev–Trinajstić information content (AvgIpc) is 3.60. The Hall–Kier alpha value is -4.25. The maximum atomic E-state index is 12.8. The summed E-state index contributed by atoms with van der Waals surface area (Å²) in [6, 6.07) is 8.97. The summed E-state index contributed by atoms with van der Waals surface area (Å²) < 4.78 is 7.49. The summed E-state index contributed by atoms with van der Waals surface area (Å²) in [6.45, 7) is -0.250. The van der Waals surface area contributed by atoms with E-state index in [0.29, 0.717) is 29.3 Å². The van der Waals surface area contributed by atoms with Crippen LogP contribution in [-0.4, -0.2) is 53.7 Å². The molecule has 0 spiro atoms. The lowest BCUT2D eigenvalue weighted by atomic mass is 10.2. The van der Waals surface area contributed by atoms with Crippen molar-refractivity contribution in [2.24, 2.45) is 0 Å². The smallest absolute Gasteiger partial charge is 0.291 e. The molecule has 0 bridgehead atoms. The van der Waals surface area contributed by atoms with E-state index in [4.69, 9.17) is 14.3 Å². The van der Waals surface area contributed by atoms with Crippen LogP contribution < -0.4 is 5.32 Å². The number of carboxylic acid groups (broad SMARTS) is 1. The highest BCUT2D eigenvalue weighted by Crippen LogP contribution is 2.33. The molecular weight excluding hydrogens is 428 g/mol. The molecule has 4 N–H and O–H groups in total. The lowest BCUT2D eigenvalue weighted by Crippen LogP contribution is -2.11. The number of hydrogen-bond acceptors (Lipinski definition) is 7. The molecule has 4 aromatic heterocycles. The second-order valence-electron chi connectivity index (χ2n) is 7.42. The summed E-state index contributed by atoms with van der Waals surface area (Å²) in [6.07, 6.45) is 8.70. The minimum Gasteiger partial charge on any atom is -0.483 e. The number of aromatic nitrogens is 5. The van der Waals surface area contributed by atoms with E-state index >= 15 is 0 Å². The van der Waals surface area contributed by atoms with Gasteiger partial charge in [0.2, 0.25) is 0 Å². The molecule has 0 radical (unpaired) electrons. The topological polar surface area (TPSA) is 159 Å². The van der Waals surface area contributed by atoms with Crippen LogP contribution in [0.4, 0.5) is 5.69 Å². The van der Waals surface area contributed by atoms with Gasteiger partial charge >= 0.3 is 0 Å². The molecule has 0 aromatic carbocycles. The number of rotatable bonds is 5. The van der Waals surface area contributed by atoms with Crippen molar-refractivity contribution >= 4 is 18.1 Å². The van der Waals surface area contributed by atoms with Gasteiger partial charge in [-0.05, 0) is 43.5 Å². The van der Waals surface area contributed by atoms with Crippen LogP contribution in [0.2, 0.25) is 0 Å². The number of hydrogen-bond donors (Lipinski definition) is 4. The summed E-state index contributed by atoms with van der Waals surface area (Å²) in [5, 5.41) is 31.0. The molecule has 1 saturated carbocycles. The van der Waals surface area contributed by atoms with E-state index in [1.165, 1.54) is 0 Å². The predicted molar refractivity (Wildman–Crippen MR) is 117 cm³/mol. The van der Waals surface area contributed by atoms with Crippen molar-refractivity contribution in [3.63, 3.8) is 0 Å². The van der Waals surface area contributed by atoms with E-state index in [-0.39, 0.29) is 30.3 Å². The lowest BCUT2D eigenvalue weighted by molar-refractivity contribution is -0.122. The zero-order valence-corrected chi connectivity index (χ0v) is 17.5. The highest BCUT2D eigenvalue weighted by molar-refractivity contribution is 6.04. The fraction of sp³-hybridized carbons (Fsp3) is 0.227. The van der Waals surface area contributed by atoms with Gasteiger partial charge in [0.25, 0.3) is 12.4 Å². The molecule has 1 aliphatic rings. The third kappa shape index (κ3) is 4.99. The van der Waals surface area contributed by atoms with Gasteiger partial charge < -0.3 is 19.9 Å². The summed E-state index contributed by atoms with van der Waals surface area (Å²) in [5.74, 6) is 0.352. The van der Waals surface area contributed by atoms with Crippen molar-refractivity contribution in [3.05, 3.63) is 60.9 Å². The number of pyridine rings is 1. The van der Waals surface area contributed by atoms with Crippen LogP contribution in [0.1, 0.15) is 35.9 Å². The maximum Gasteiger partial charge on any atom is 0.291 e. The maximum absolute atomic E-state index is 12.8. The van der Waals surface area contributed by atoms with Crippen molar-refractivity contribution in [2.75, 3.05) is 5.32 Å². The number of carbonyl (C=O) groups is 2. The normalized spacial score (nSPS) is 17.2. The second-order valence-corrected chi connectivity index (χ2v) is 7.42. The van der Waals surface area contributed by atoms with Crippen LogP contribution in [0.25, 0.3) is 22.7 Å². The summed E-state index contributed by atoms with van der Waals surface area (Å²) in [5.41, 5.74) is 2.53. The molecule has 33 heavy (non-hydrogen) atoms. The van der Waals surface area contributed by atoms with Crippen molar-refractivity contribution < 1.29 is 24.2 Å². The first kappa shape index (κ1) is 22.0. The van der Waals surface area contributed by atoms with Gasteiger partial charge in [-0.25, -0.2) is 0 Å². The Kier molecular flexibility index (Phi) is 6.60. The molecule has 5 rings (SSSR count). The molecule has 170 valence electrons. The van der Waals surface area contributed by atoms with Crippen LogP contribution in [0.3, 0.4) is 0 Å². The zero-order valence-electron chi connectivity index (χ0n) is 17.5. The number of carbonyl (C=O) groups excluding carboxylic acids is 1. The van der Waals surface area contributed by atoms with Gasteiger partial charge in [0.05, 0.1) is 35.3 Å². The number of aliphatic hydroxyl groups excluding tert-OH is 1. The molecule has 1 fully saturated rings. The third-order valence-electron chi connectivity index (χ3n) is 5.25. The van der Waals surface area contributed by atoms with E-state index in [9.17, 15) is 9.90 Å². The van der Waals surface area contributed by atoms with E-state index in [0.717, 1.165) is 18.4 Å². The van der Waals surface area contributed by atoms with Crippen molar-refractivity contribution in [2.45, 2.75) is 31.4 Å². The Labute approximate surface area is 188 Å². The van der Waals surface area contributed by atoms with Crippen molar-refractivity contribution in [1.29, 1.82) is 0 Å². The number of aliphatic hydroxyl groups is 1. The summed E-state index contributed by atoms with van der Waals surface area (Å²) in [4.78, 5) is 25.6. The molecule has 4 aromatic rings. The number of aromatic amines is 1. The molecular formula is C22H22N6O5. The fourth-order valence-electron chi connectivity index (χ4n) is 3.72. The number of nitrogens with one attached hydrogen (secondary N) is 2. The van der Waals surface area contributed by atoms with Crippen LogP contribution in [0.5, 0.6) is 0 Å². The van der Waals surface area contributed by atoms with Gasteiger partial charge in [-0.2, -0.15) is 10.2 Å². The monoisotopic (exact) mass is 450 g/mol. The Bertz CT molecular complexity index is 1200. The lowest BCUT2D eigenvalue weighted by Gasteiger charge is -2.09. The first-order chi connectivity index (χ1) is 16.1. The van der Waals surface area contributed by atoms with Gasteiger partial charge in [0.15, 0.2) is 5.76 Å². The molecule has 0 saturated heterocycles. The molecule has 0 aliphatic heterocycles. The fourth-order valence-corrected chi connectivity index (χ4v) is 3.72. The highest BCUT2D eigenvalue weighted by Gasteiger charge is 2.27. The molecule has 11 nitrogen and oxygen atoms in total. The van der Waals surface area contributed by atoms with Crippen LogP contribution in [-0.2, 0) is 4.79 Å². The van der Waals surface area contributed by atoms with Crippen LogP contribution in [0, 0.1) is 0 Å². The van der Waals surface area contributed by atoms with E-state index in [2.05, 4.69) is 25.6 Å². The van der Waals surface area contributed by atoms with Crippen LogP contribution >= 0.6 is 0 Å². The summed E-state index contributed by atoms with van der Waals surface area (Å²) >= 11 is 0. The SMILES string of the molecule is O=C(Nc1cn([C@H]2CC[C@H](O)C2)nc1-c1ccccn1)c1ccc(-c2cn[nH]c2)o1.O=CO. The van der Waals surface area contributed by atoms with Gasteiger partial charge in [0.1, 0.15) is 11.5 Å². The quantitative estimate of drug-likeness (QED) is 0.338. The Morgan fingerprint density at radius 2 is 2.12 bits per heavy atom. The minimum atomic E-state index is -0.382. The standard InChI is InChI=1S/C21H20N6O3.CH2O2/c28-15-5-4-14(9-15)27-12-17(20(26-27)16-3-1-2-8-22-16)25-21(29)19-7-6-18(30-19)13-10-23-24-11-13;2-1-3/h1-3,6-8,10-12,14-15,28H,4-5,9H2,(H,23,24)(H,25,29);1H,(H,2,3)/t14-,15-;/m0./s1. The van der Waals surface area contributed by atoms with Crippen molar-refractivity contribution in [1.82, 2.24) is 25.0 Å².